The molecule has 0 radical (unpaired) electrons. The van der Waals surface area contributed by atoms with E-state index in [1.807, 2.05) is 13.8 Å². The van der Waals surface area contributed by atoms with Gasteiger partial charge >= 0.3 is 5.63 Å². The Morgan fingerprint density at radius 3 is 2.55 bits per heavy atom. The van der Waals surface area contributed by atoms with Crippen LogP contribution in [-0.2, 0) is 6.42 Å². The molecule has 0 aliphatic carbocycles. The summed E-state index contributed by atoms with van der Waals surface area (Å²) in [6, 6.07) is 1.19. The highest BCUT2D eigenvalue weighted by atomic mass is 16.5. The molecule has 0 spiro atoms. The van der Waals surface area contributed by atoms with Crippen molar-refractivity contribution in [2.75, 3.05) is 0 Å². The predicted molar refractivity (Wildman–Crippen MR) is 108 cm³/mol. The number of hydrogen-bond acceptors (Lipinski definition) is 7. The predicted octanol–water partition coefficient (Wildman–Crippen LogP) is 3.25. The summed E-state index contributed by atoms with van der Waals surface area (Å²) in [5.41, 5.74) is -1.44. The van der Waals surface area contributed by atoms with Crippen molar-refractivity contribution < 1.29 is 29.3 Å². The number of carbonyl (C=O) groups is 1. The highest BCUT2D eigenvalue weighted by Gasteiger charge is 2.40. The third-order valence-corrected chi connectivity index (χ3v) is 5.30. The number of hydrogen-bond donors (Lipinski definition) is 3. The first-order valence-corrected chi connectivity index (χ1v) is 9.91. The molecule has 2 aromatic rings. The molecule has 0 saturated heterocycles. The molecule has 1 aromatic heterocycles. The Kier molecular flexibility index (Phi) is 5.49. The van der Waals surface area contributed by atoms with Crippen LogP contribution in [0.2, 0.25) is 0 Å². The Morgan fingerprint density at radius 2 is 2.00 bits per heavy atom. The molecule has 0 unspecified atom stereocenters. The number of ether oxygens (including phenoxy) is 1. The molecular weight excluding hydrogens is 376 g/mol. The molecule has 2 atom stereocenters. The Balaban J connectivity index is 2.40. The highest BCUT2D eigenvalue weighted by molar-refractivity contribution is 6.11. The maximum absolute atomic E-state index is 13.0. The fraction of sp³-hybridized carbons (Fsp3) is 0.545. The van der Waals surface area contributed by atoms with Crippen LogP contribution in [0.4, 0.5) is 0 Å². The van der Waals surface area contributed by atoms with Crippen LogP contribution in [0.25, 0.3) is 11.0 Å². The first-order chi connectivity index (χ1) is 13.5. The number of benzene rings is 1. The normalized spacial score (nSPS) is 17.4. The number of carbonyl (C=O) groups excluding carboxylic acids is 1. The summed E-state index contributed by atoms with van der Waals surface area (Å²) in [6.07, 6.45) is -0.975. The zero-order valence-corrected chi connectivity index (χ0v) is 17.4. The molecule has 1 aliphatic heterocycles. The number of aliphatic hydroxyl groups excluding tert-OH is 1. The lowest BCUT2D eigenvalue weighted by Gasteiger charge is -2.25. The van der Waals surface area contributed by atoms with Gasteiger partial charge in [-0.15, -0.1) is 0 Å². The van der Waals surface area contributed by atoms with Crippen molar-refractivity contribution in [2.24, 2.45) is 5.92 Å². The monoisotopic (exact) mass is 404 g/mol. The number of aliphatic hydroxyl groups is 2. The Hall–Kier alpha value is -2.38. The van der Waals surface area contributed by atoms with Crippen LogP contribution in [0.3, 0.4) is 0 Å². The van der Waals surface area contributed by atoms with E-state index in [2.05, 4.69) is 0 Å². The topological polar surface area (TPSA) is 117 Å². The van der Waals surface area contributed by atoms with E-state index in [9.17, 15) is 24.9 Å². The van der Waals surface area contributed by atoms with E-state index < -0.39 is 23.4 Å². The molecule has 3 rings (SSSR count). The van der Waals surface area contributed by atoms with Gasteiger partial charge in [-0.2, -0.15) is 0 Å². The molecule has 29 heavy (non-hydrogen) atoms. The minimum atomic E-state index is -1.21. The summed E-state index contributed by atoms with van der Waals surface area (Å²) in [7, 11) is 0. The second kappa shape index (κ2) is 7.46. The third-order valence-electron chi connectivity index (χ3n) is 5.30. The maximum Gasteiger partial charge on any atom is 0.336 e. The maximum atomic E-state index is 13.0. The van der Waals surface area contributed by atoms with Crippen LogP contribution < -0.4 is 10.4 Å². The van der Waals surface area contributed by atoms with Crippen molar-refractivity contribution in [3.05, 3.63) is 33.2 Å². The van der Waals surface area contributed by atoms with Crippen LogP contribution in [0.15, 0.2) is 15.3 Å². The van der Waals surface area contributed by atoms with Crippen molar-refractivity contribution in [3.63, 3.8) is 0 Å². The molecule has 2 heterocycles. The molecule has 1 aromatic carbocycles. The van der Waals surface area contributed by atoms with E-state index in [1.165, 1.54) is 6.07 Å². The summed E-state index contributed by atoms with van der Waals surface area (Å²) < 4.78 is 11.3. The van der Waals surface area contributed by atoms with Gasteiger partial charge in [0.05, 0.1) is 17.1 Å². The first kappa shape index (κ1) is 21.3. The fourth-order valence-electron chi connectivity index (χ4n) is 3.74. The highest BCUT2D eigenvalue weighted by Crippen LogP contribution is 2.48. The smallest absolute Gasteiger partial charge is 0.336 e. The van der Waals surface area contributed by atoms with Gasteiger partial charge < -0.3 is 24.5 Å². The van der Waals surface area contributed by atoms with Gasteiger partial charge in [0.2, 0.25) is 0 Å². The Labute approximate surface area is 168 Å². The second-order valence-electron chi connectivity index (χ2n) is 8.67. The van der Waals surface area contributed by atoms with Gasteiger partial charge in [0.15, 0.2) is 11.4 Å². The van der Waals surface area contributed by atoms with Crippen molar-refractivity contribution in [3.8, 4) is 11.5 Å². The number of ketones is 1. The van der Waals surface area contributed by atoms with E-state index >= 15 is 0 Å². The van der Waals surface area contributed by atoms with Crippen molar-refractivity contribution in [1.29, 1.82) is 0 Å². The van der Waals surface area contributed by atoms with Crippen molar-refractivity contribution >= 4 is 16.8 Å². The molecule has 158 valence electrons. The average molecular weight is 404 g/mol. The lowest BCUT2D eigenvalue weighted by Crippen LogP contribution is -2.39. The molecule has 0 amide bonds. The van der Waals surface area contributed by atoms with Gasteiger partial charge in [0.1, 0.15) is 23.2 Å². The Bertz CT molecular complexity index is 1010. The van der Waals surface area contributed by atoms with Gasteiger partial charge in [-0.1, -0.05) is 20.8 Å². The zero-order chi connectivity index (χ0) is 21.7. The largest absolute Gasteiger partial charge is 0.507 e. The summed E-state index contributed by atoms with van der Waals surface area (Å²) in [5.74, 6) is -0.391. The lowest BCUT2D eigenvalue weighted by molar-refractivity contribution is -0.0225. The lowest BCUT2D eigenvalue weighted by atomic mass is 9.90. The molecule has 3 N–H and O–H groups in total. The fourth-order valence-corrected chi connectivity index (χ4v) is 3.74. The van der Waals surface area contributed by atoms with Crippen LogP contribution in [0.1, 0.15) is 75.0 Å². The molecule has 7 heteroatoms. The summed E-state index contributed by atoms with van der Waals surface area (Å²) in [6.45, 7) is 8.70. The number of phenolic OH excluding ortho intramolecular Hbond substituents is 1. The molecule has 0 fully saturated rings. The molecular formula is C22H28O7. The van der Waals surface area contributed by atoms with Gasteiger partial charge in [0, 0.05) is 30.0 Å². The number of Topliss-reactive ketones (excluding diaryl/α,β-unsaturated/α-hetero) is 1. The summed E-state index contributed by atoms with van der Waals surface area (Å²) in [5, 5.41) is 32.2. The number of phenols is 1. The molecule has 7 nitrogen and oxygen atoms in total. The first-order valence-electron chi connectivity index (χ1n) is 9.91. The van der Waals surface area contributed by atoms with Gasteiger partial charge in [-0.05, 0) is 26.2 Å². The minimum absolute atomic E-state index is 0.0294. The van der Waals surface area contributed by atoms with Crippen LogP contribution >= 0.6 is 0 Å². The SMILES string of the molecule is CC[C@H](O)c1cc(=O)oc2c(C(=O)CC(C)C)c(O)c3c(c12)O[C@@H](C(C)(C)O)C3. The quantitative estimate of drug-likeness (QED) is 0.500. The number of aromatic hydroxyl groups is 1. The molecule has 1 aliphatic rings. The number of rotatable bonds is 6. The average Bonchev–Trinajstić information content (AvgIpc) is 3.05. The van der Waals surface area contributed by atoms with Crippen LogP contribution in [0, 0.1) is 5.92 Å². The molecule has 0 saturated carbocycles. The van der Waals surface area contributed by atoms with Crippen LogP contribution in [-0.4, -0.2) is 32.8 Å². The summed E-state index contributed by atoms with van der Waals surface area (Å²) in [4.78, 5) is 25.2. The minimum Gasteiger partial charge on any atom is -0.507 e. The third kappa shape index (κ3) is 3.76. The Morgan fingerprint density at radius 1 is 1.34 bits per heavy atom. The van der Waals surface area contributed by atoms with Gasteiger partial charge in [0.25, 0.3) is 0 Å². The van der Waals surface area contributed by atoms with E-state index in [0.29, 0.717) is 17.4 Å². The van der Waals surface area contributed by atoms with E-state index in [1.54, 1.807) is 20.8 Å². The number of fused-ring (bicyclic) bond motifs is 3. The second-order valence-corrected chi connectivity index (χ2v) is 8.67. The van der Waals surface area contributed by atoms with E-state index in [4.69, 9.17) is 9.15 Å². The standard InChI is InChI=1S/C22H28O7/c1-6-13(23)11-9-16(25)29-21-17(11)20-12(8-15(28-20)22(4,5)27)19(26)18(21)14(24)7-10(2)3/h9-10,13,15,23,26-27H,6-8H2,1-5H3/t13-,15+/m0/s1. The molecule has 0 bridgehead atoms. The van der Waals surface area contributed by atoms with Crippen molar-refractivity contribution in [2.45, 2.75) is 71.7 Å². The van der Waals surface area contributed by atoms with Crippen LogP contribution in [0.5, 0.6) is 11.5 Å². The van der Waals surface area contributed by atoms with Gasteiger partial charge in [-0.25, -0.2) is 4.79 Å². The van der Waals surface area contributed by atoms with Crippen molar-refractivity contribution in [1.82, 2.24) is 0 Å². The van der Waals surface area contributed by atoms with E-state index in [-0.39, 0.29) is 52.8 Å². The zero-order valence-electron chi connectivity index (χ0n) is 17.4. The van der Waals surface area contributed by atoms with Gasteiger partial charge in [-0.3, -0.25) is 4.79 Å². The van der Waals surface area contributed by atoms with E-state index in [0.717, 1.165) is 0 Å². The summed E-state index contributed by atoms with van der Waals surface area (Å²) >= 11 is 0.